The number of carbonyl (C=O) groups excluding carboxylic acids is 2. The molecule has 0 N–H and O–H groups in total. The summed E-state index contributed by atoms with van der Waals surface area (Å²) in [5.41, 5.74) is 1.48. The number of rotatable bonds is 2. The molecule has 2 aliphatic rings. The monoisotopic (exact) mass is 345 g/mol. The third kappa shape index (κ3) is 1.77. The van der Waals surface area contributed by atoms with Crippen LogP contribution in [0.4, 0.5) is 5.69 Å². The molecule has 0 aromatic heterocycles. The van der Waals surface area contributed by atoms with Crippen molar-refractivity contribution in [1.29, 1.82) is 0 Å². The van der Waals surface area contributed by atoms with Gasteiger partial charge in [-0.1, -0.05) is 17.7 Å². The van der Waals surface area contributed by atoms with Crippen LogP contribution in [-0.2, 0) is 4.74 Å². The minimum Gasteiger partial charge on any atom is -0.493 e. The molecule has 122 valence electrons. The Morgan fingerprint density at radius 3 is 2.58 bits per heavy atom. The molecule has 0 saturated carbocycles. The van der Waals surface area contributed by atoms with Crippen molar-refractivity contribution in [2.45, 2.75) is 6.23 Å². The molecule has 0 saturated heterocycles. The van der Waals surface area contributed by atoms with Crippen molar-refractivity contribution in [3.63, 3.8) is 0 Å². The summed E-state index contributed by atoms with van der Waals surface area (Å²) in [7, 11) is 2.95. The highest BCUT2D eigenvalue weighted by atomic mass is 35.5. The summed E-state index contributed by atoms with van der Waals surface area (Å²) in [4.78, 5) is 26.8. The molecule has 2 aromatic carbocycles. The molecule has 2 aliphatic heterocycles. The van der Waals surface area contributed by atoms with Crippen LogP contribution in [-0.4, -0.2) is 26.1 Å². The molecule has 0 unspecified atom stereocenters. The van der Waals surface area contributed by atoms with E-state index in [9.17, 15) is 9.59 Å². The Kier molecular flexibility index (Phi) is 3.18. The van der Waals surface area contributed by atoms with Crippen LogP contribution in [0.3, 0.4) is 0 Å². The molecule has 4 rings (SSSR count). The summed E-state index contributed by atoms with van der Waals surface area (Å²) >= 11 is 6.11. The van der Waals surface area contributed by atoms with Gasteiger partial charge in [-0.05, 0) is 24.3 Å². The molecule has 7 heteroatoms. The Hall–Kier alpha value is -2.73. The molecule has 1 atom stereocenters. The van der Waals surface area contributed by atoms with E-state index in [2.05, 4.69) is 0 Å². The molecule has 24 heavy (non-hydrogen) atoms. The van der Waals surface area contributed by atoms with Crippen molar-refractivity contribution in [2.75, 3.05) is 19.1 Å². The highest BCUT2D eigenvalue weighted by Crippen LogP contribution is 2.49. The van der Waals surface area contributed by atoms with Gasteiger partial charge in [0, 0.05) is 5.56 Å². The van der Waals surface area contributed by atoms with E-state index < -0.39 is 12.2 Å². The van der Waals surface area contributed by atoms with E-state index in [-0.39, 0.29) is 16.5 Å². The number of esters is 1. The van der Waals surface area contributed by atoms with Crippen molar-refractivity contribution < 1.29 is 23.8 Å². The minimum atomic E-state index is -0.842. The zero-order valence-electron chi connectivity index (χ0n) is 12.8. The number of hydrogen-bond donors (Lipinski definition) is 0. The predicted octanol–water partition coefficient (Wildman–Crippen LogP) is 3.19. The van der Waals surface area contributed by atoms with Gasteiger partial charge in [-0.2, -0.15) is 0 Å². The van der Waals surface area contributed by atoms with Gasteiger partial charge in [0.15, 0.2) is 11.5 Å². The second-order valence-electron chi connectivity index (χ2n) is 5.33. The highest BCUT2D eigenvalue weighted by molar-refractivity contribution is 6.35. The van der Waals surface area contributed by atoms with Crippen LogP contribution in [0.1, 0.15) is 32.5 Å². The van der Waals surface area contributed by atoms with E-state index >= 15 is 0 Å². The number of fused-ring (bicyclic) bond motifs is 5. The van der Waals surface area contributed by atoms with Crippen molar-refractivity contribution >= 4 is 29.2 Å². The van der Waals surface area contributed by atoms with E-state index in [4.69, 9.17) is 25.8 Å². The summed E-state index contributed by atoms with van der Waals surface area (Å²) < 4.78 is 16.1. The molecule has 1 amide bonds. The topological polar surface area (TPSA) is 65.1 Å². The largest absolute Gasteiger partial charge is 0.493 e. The van der Waals surface area contributed by atoms with Crippen LogP contribution < -0.4 is 14.4 Å². The summed E-state index contributed by atoms with van der Waals surface area (Å²) in [6.45, 7) is 0. The molecule has 6 nitrogen and oxygen atoms in total. The van der Waals surface area contributed by atoms with Crippen LogP contribution in [0.2, 0.25) is 5.02 Å². The van der Waals surface area contributed by atoms with Crippen LogP contribution in [0.15, 0.2) is 30.3 Å². The number of anilines is 1. The number of ether oxygens (including phenoxy) is 3. The fraction of sp³-hybridized carbons (Fsp3) is 0.176. The zero-order valence-corrected chi connectivity index (χ0v) is 13.6. The molecular formula is C17H12ClNO5. The summed E-state index contributed by atoms with van der Waals surface area (Å²) in [5.74, 6) is -0.148. The Bertz CT molecular complexity index is 895. The molecule has 0 spiro atoms. The molecule has 2 heterocycles. The number of methoxy groups -OCH3 is 2. The summed E-state index contributed by atoms with van der Waals surface area (Å²) in [6, 6.07) is 8.31. The zero-order chi connectivity index (χ0) is 17.0. The van der Waals surface area contributed by atoms with Gasteiger partial charge in [-0.3, -0.25) is 9.69 Å². The number of benzene rings is 2. The van der Waals surface area contributed by atoms with Crippen molar-refractivity contribution in [3.8, 4) is 11.5 Å². The average Bonchev–Trinajstić information content (AvgIpc) is 2.86. The number of nitrogens with zero attached hydrogens (tertiary/aromatic N) is 1. The van der Waals surface area contributed by atoms with Crippen LogP contribution >= 0.6 is 11.6 Å². The van der Waals surface area contributed by atoms with Gasteiger partial charge in [-0.15, -0.1) is 0 Å². The first-order chi connectivity index (χ1) is 11.6. The van der Waals surface area contributed by atoms with Gasteiger partial charge in [0.1, 0.15) is 5.56 Å². The summed E-state index contributed by atoms with van der Waals surface area (Å²) in [6.07, 6.45) is -0.842. The lowest BCUT2D eigenvalue weighted by atomic mass is 10.1. The lowest BCUT2D eigenvalue weighted by Crippen LogP contribution is -2.36. The van der Waals surface area contributed by atoms with Gasteiger partial charge in [-0.25, -0.2) is 4.79 Å². The Labute approximate surface area is 142 Å². The van der Waals surface area contributed by atoms with E-state index in [1.54, 1.807) is 30.3 Å². The molecular weight excluding hydrogens is 334 g/mol. The first kappa shape index (κ1) is 14.8. The highest BCUT2D eigenvalue weighted by Gasteiger charge is 2.47. The first-order valence-corrected chi connectivity index (χ1v) is 7.54. The number of hydrogen-bond acceptors (Lipinski definition) is 5. The molecule has 0 bridgehead atoms. The number of halogens is 1. The molecule has 0 fully saturated rings. The molecule has 0 aliphatic carbocycles. The molecule has 2 aromatic rings. The summed E-state index contributed by atoms with van der Waals surface area (Å²) in [5, 5.41) is 0.240. The van der Waals surface area contributed by atoms with Gasteiger partial charge in [0.2, 0.25) is 6.23 Å². The van der Waals surface area contributed by atoms with Gasteiger partial charge in [0.05, 0.1) is 30.5 Å². The Morgan fingerprint density at radius 1 is 1.08 bits per heavy atom. The van der Waals surface area contributed by atoms with Crippen LogP contribution in [0.25, 0.3) is 0 Å². The number of amides is 1. The maximum Gasteiger partial charge on any atom is 0.344 e. The normalized spacial score (nSPS) is 17.8. The van der Waals surface area contributed by atoms with Crippen molar-refractivity contribution in [1.82, 2.24) is 0 Å². The third-order valence-electron chi connectivity index (χ3n) is 4.19. The smallest absolute Gasteiger partial charge is 0.344 e. The maximum absolute atomic E-state index is 13.0. The minimum absolute atomic E-state index is 0.183. The third-order valence-corrected chi connectivity index (χ3v) is 4.50. The lowest BCUT2D eigenvalue weighted by Gasteiger charge is -2.31. The van der Waals surface area contributed by atoms with E-state index in [1.165, 1.54) is 19.1 Å². The van der Waals surface area contributed by atoms with Gasteiger partial charge >= 0.3 is 5.97 Å². The second-order valence-corrected chi connectivity index (χ2v) is 5.74. The van der Waals surface area contributed by atoms with E-state index in [0.29, 0.717) is 28.3 Å². The quantitative estimate of drug-likeness (QED) is 0.782. The van der Waals surface area contributed by atoms with E-state index in [0.717, 1.165) is 0 Å². The van der Waals surface area contributed by atoms with Crippen molar-refractivity contribution in [2.24, 2.45) is 0 Å². The standard InChI is InChI=1S/C17H12ClNO5/c1-22-11-7-6-8-12(14(11)23-2)15(20)19-10-5-3-4-9(18)13(10)17(21)24-16(8)19/h3-7,16H,1-2H3/t16-/m1/s1. The first-order valence-electron chi connectivity index (χ1n) is 7.16. The molecule has 0 radical (unpaired) electrons. The lowest BCUT2D eigenvalue weighted by molar-refractivity contribution is 0.0273. The van der Waals surface area contributed by atoms with Crippen molar-refractivity contribution in [3.05, 3.63) is 52.0 Å². The SMILES string of the molecule is COc1ccc2c(c1OC)C(=O)N1c3cccc(Cl)c3C(=O)O[C@H]21. The Morgan fingerprint density at radius 2 is 1.88 bits per heavy atom. The van der Waals surface area contributed by atoms with Crippen LogP contribution in [0.5, 0.6) is 11.5 Å². The van der Waals surface area contributed by atoms with Gasteiger partial charge in [0.25, 0.3) is 5.91 Å². The number of carbonyl (C=O) groups is 2. The average molecular weight is 346 g/mol. The fourth-order valence-corrected chi connectivity index (χ4v) is 3.41. The maximum atomic E-state index is 13.0. The van der Waals surface area contributed by atoms with Gasteiger partial charge < -0.3 is 14.2 Å². The fourth-order valence-electron chi connectivity index (χ4n) is 3.16. The predicted molar refractivity (Wildman–Crippen MR) is 86.0 cm³/mol. The second kappa shape index (κ2) is 5.14. The van der Waals surface area contributed by atoms with Crippen LogP contribution in [0, 0.1) is 0 Å². The van der Waals surface area contributed by atoms with E-state index in [1.807, 2.05) is 0 Å². The Balaban J connectivity index is 1.96.